The van der Waals surface area contributed by atoms with Crippen LogP contribution in [-0.4, -0.2) is 19.4 Å². The minimum atomic E-state index is -1.82. The molecule has 29 heavy (non-hydrogen) atoms. The van der Waals surface area contributed by atoms with Crippen molar-refractivity contribution in [3.8, 4) is 5.75 Å². The minimum absolute atomic E-state index is 0.204. The summed E-state index contributed by atoms with van der Waals surface area (Å²) in [5, 5.41) is 9.01. The van der Waals surface area contributed by atoms with E-state index in [2.05, 4.69) is 59.8 Å². The normalized spacial score (nSPS) is 13.4. The Balaban J connectivity index is 2.44. The Morgan fingerprint density at radius 3 is 2.07 bits per heavy atom. The molecule has 0 aliphatic carbocycles. The smallest absolute Gasteiger partial charge is 0.303 e. The summed E-state index contributed by atoms with van der Waals surface area (Å²) in [6.07, 6.45) is 8.50. The molecule has 0 bridgehead atoms. The van der Waals surface area contributed by atoms with Crippen molar-refractivity contribution in [3.63, 3.8) is 0 Å². The van der Waals surface area contributed by atoms with Crippen LogP contribution in [-0.2, 0) is 11.2 Å². The van der Waals surface area contributed by atoms with Crippen molar-refractivity contribution >= 4 is 14.3 Å². The first kappa shape index (κ1) is 25.7. The third-order valence-corrected chi connectivity index (χ3v) is 10.7. The number of benzene rings is 1. The van der Waals surface area contributed by atoms with E-state index in [9.17, 15) is 4.79 Å². The van der Waals surface area contributed by atoms with Gasteiger partial charge in [-0.1, -0.05) is 71.9 Å². The van der Waals surface area contributed by atoms with Gasteiger partial charge in [-0.25, -0.2) is 0 Å². The Morgan fingerprint density at radius 1 is 1.03 bits per heavy atom. The van der Waals surface area contributed by atoms with Crippen LogP contribution in [0.15, 0.2) is 12.1 Å². The average molecular weight is 421 g/mol. The molecule has 0 saturated heterocycles. The van der Waals surface area contributed by atoms with E-state index in [0.29, 0.717) is 12.3 Å². The molecule has 1 N–H and O–H groups in total. The Bertz CT molecular complexity index is 636. The van der Waals surface area contributed by atoms with Crippen LogP contribution in [0.25, 0.3) is 0 Å². The summed E-state index contributed by atoms with van der Waals surface area (Å²) in [6, 6.07) is 4.62. The van der Waals surface area contributed by atoms with Crippen LogP contribution in [0.5, 0.6) is 5.75 Å². The number of carbonyl (C=O) groups is 1. The van der Waals surface area contributed by atoms with Gasteiger partial charge in [-0.2, -0.15) is 0 Å². The van der Waals surface area contributed by atoms with E-state index in [-0.39, 0.29) is 5.04 Å². The van der Waals surface area contributed by atoms with Gasteiger partial charge in [0, 0.05) is 6.42 Å². The highest BCUT2D eigenvalue weighted by molar-refractivity contribution is 6.74. The third kappa shape index (κ3) is 8.94. The summed E-state index contributed by atoms with van der Waals surface area (Å²) in [5.74, 6) is 0.713. The highest BCUT2D eigenvalue weighted by atomic mass is 28.4. The minimum Gasteiger partial charge on any atom is -0.543 e. The van der Waals surface area contributed by atoms with Gasteiger partial charge < -0.3 is 9.53 Å². The number of carboxylic acid groups (broad SMARTS) is 1. The molecule has 0 aliphatic rings. The number of aryl methyl sites for hydroxylation is 3. The second kappa shape index (κ2) is 11.2. The lowest BCUT2D eigenvalue weighted by Gasteiger charge is -2.37. The maximum Gasteiger partial charge on any atom is 0.303 e. The fourth-order valence-electron chi connectivity index (χ4n) is 3.51. The topological polar surface area (TPSA) is 46.5 Å². The van der Waals surface area contributed by atoms with Crippen LogP contribution in [0.1, 0.15) is 89.3 Å². The Hall–Kier alpha value is -1.29. The Morgan fingerprint density at radius 2 is 1.55 bits per heavy atom. The highest BCUT2D eigenvalue weighted by Gasteiger charge is 2.39. The fraction of sp³-hybridized carbons (Fsp3) is 0.720. The molecule has 4 heteroatoms. The molecule has 0 fully saturated rings. The zero-order valence-corrected chi connectivity index (χ0v) is 21.2. The van der Waals surface area contributed by atoms with Crippen molar-refractivity contribution in [1.82, 2.24) is 0 Å². The van der Waals surface area contributed by atoms with Gasteiger partial charge in [0.2, 0.25) is 0 Å². The molecular weight excluding hydrogens is 376 g/mol. The van der Waals surface area contributed by atoms with E-state index < -0.39 is 14.3 Å². The van der Waals surface area contributed by atoms with E-state index in [1.54, 1.807) is 0 Å². The molecule has 166 valence electrons. The molecule has 0 heterocycles. The first-order valence-electron chi connectivity index (χ1n) is 11.3. The molecule has 1 rings (SSSR count). The molecule has 0 amide bonds. The van der Waals surface area contributed by atoms with Gasteiger partial charge in [-0.05, 0) is 67.4 Å². The number of carboxylic acids is 1. The lowest BCUT2D eigenvalue weighted by molar-refractivity contribution is -0.138. The molecular formula is C25H44O3Si. The van der Waals surface area contributed by atoms with Crippen molar-refractivity contribution in [3.05, 3.63) is 28.8 Å². The van der Waals surface area contributed by atoms with Crippen molar-refractivity contribution in [2.24, 2.45) is 5.92 Å². The molecule has 0 aliphatic heterocycles. The Labute approximate surface area is 180 Å². The first-order valence-corrected chi connectivity index (χ1v) is 14.2. The maximum atomic E-state index is 10.7. The lowest BCUT2D eigenvalue weighted by atomic mass is 9.98. The molecule has 0 aromatic heterocycles. The van der Waals surface area contributed by atoms with Crippen molar-refractivity contribution in [2.45, 2.75) is 111 Å². The summed E-state index contributed by atoms with van der Waals surface area (Å²) >= 11 is 0. The second-order valence-corrected chi connectivity index (χ2v) is 15.2. The monoisotopic (exact) mass is 420 g/mol. The maximum absolute atomic E-state index is 10.7. The molecule has 1 aromatic rings. The zero-order chi connectivity index (χ0) is 22.2. The molecule has 1 aromatic carbocycles. The summed E-state index contributed by atoms with van der Waals surface area (Å²) in [4.78, 5) is 10.7. The highest BCUT2D eigenvalue weighted by Crippen LogP contribution is 2.39. The first-order chi connectivity index (χ1) is 13.3. The predicted molar refractivity (Wildman–Crippen MR) is 127 cm³/mol. The van der Waals surface area contributed by atoms with Crippen LogP contribution in [0.2, 0.25) is 18.1 Å². The van der Waals surface area contributed by atoms with Gasteiger partial charge in [-0.3, -0.25) is 4.79 Å². The van der Waals surface area contributed by atoms with Gasteiger partial charge in [0.05, 0.1) is 0 Å². The number of rotatable bonds is 12. The van der Waals surface area contributed by atoms with Crippen molar-refractivity contribution in [2.75, 3.05) is 0 Å². The van der Waals surface area contributed by atoms with Crippen molar-refractivity contribution < 1.29 is 14.3 Å². The van der Waals surface area contributed by atoms with E-state index in [1.165, 1.54) is 42.4 Å². The molecule has 0 radical (unpaired) electrons. The van der Waals surface area contributed by atoms with Crippen LogP contribution in [0, 0.1) is 19.8 Å². The number of hydrogen-bond donors (Lipinski definition) is 1. The molecule has 0 saturated carbocycles. The quantitative estimate of drug-likeness (QED) is 0.278. The number of unbranched alkanes of at least 4 members (excludes halogenated alkanes) is 4. The van der Waals surface area contributed by atoms with Gasteiger partial charge in [0.1, 0.15) is 5.75 Å². The van der Waals surface area contributed by atoms with Crippen LogP contribution >= 0.6 is 0 Å². The number of aliphatic carboxylic acids is 1. The standard InChI is InChI=1S/C25H44O3Si/c1-19(16-23(26)27)14-12-10-9-11-13-15-22-17-20(2)24(21(3)18-22)28-29(7,8)25(4,5)6/h17-19H,9-16H2,1-8H3,(H,26,27). The molecule has 1 atom stereocenters. The van der Waals surface area contributed by atoms with Gasteiger partial charge in [-0.15, -0.1) is 0 Å². The van der Waals surface area contributed by atoms with Crippen LogP contribution in [0.4, 0.5) is 0 Å². The second-order valence-electron chi connectivity index (χ2n) is 10.4. The van der Waals surface area contributed by atoms with Crippen LogP contribution < -0.4 is 4.43 Å². The molecule has 1 unspecified atom stereocenters. The predicted octanol–water partition coefficient (Wildman–Crippen LogP) is 7.68. The third-order valence-electron chi connectivity index (χ3n) is 6.37. The molecule has 3 nitrogen and oxygen atoms in total. The number of hydrogen-bond acceptors (Lipinski definition) is 2. The van der Waals surface area contributed by atoms with E-state index in [4.69, 9.17) is 9.53 Å². The van der Waals surface area contributed by atoms with Crippen molar-refractivity contribution in [1.29, 1.82) is 0 Å². The zero-order valence-electron chi connectivity index (χ0n) is 20.2. The summed E-state index contributed by atoms with van der Waals surface area (Å²) in [5.41, 5.74) is 3.94. The van der Waals surface area contributed by atoms with Gasteiger partial charge >= 0.3 is 5.97 Å². The van der Waals surface area contributed by atoms with E-state index in [0.717, 1.165) is 25.0 Å². The van der Waals surface area contributed by atoms with Gasteiger partial charge in [0.15, 0.2) is 0 Å². The Kier molecular flexibility index (Phi) is 9.94. The largest absolute Gasteiger partial charge is 0.543 e. The SMILES string of the molecule is Cc1cc(CCCCCCCC(C)CC(=O)O)cc(C)c1O[Si](C)(C)C(C)(C)C. The molecule has 0 spiro atoms. The van der Waals surface area contributed by atoms with E-state index >= 15 is 0 Å². The lowest BCUT2D eigenvalue weighted by Crippen LogP contribution is -2.44. The summed E-state index contributed by atoms with van der Waals surface area (Å²) in [7, 11) is -1.82. The summed E-state index contributed by atoms with van der Waals surface area (Å²) < 4.78 is 6.60. The van der Waals surface area contributed by atoms with Crippen LogP contribution in [0.3, 0.4) is 0 Å². The van der Waals surface area contributed by atoms with Gasteiger partial charge in [0.25, 0.3) is 8.32 Å². The van der Waals surface area contributed by atoms with E-state index in [1.807, 2.05) is 6.92 Å². The average Bonchev–Trinajstić information content (AvgIpc) is 2.55. The summed E-state index contributed by atoms with van der Waals surface area (Å²) in [6.45, 7) is 17.9. The fourth-order valence-corrected chi connectivity index (χ4v) is 4.64.